The van der Waals surface area contributed by atoms with Crippen molar-refractivity contribution >= 4 is 23.5 Å². The van der Waals surface area contributed by atoms with E-state index in [0.717, 1.165) is 19.0 Å². The van der Waals surface area contributed by atoms with Crippen LogP contribution in [0.15, 0.2) is 18.5 Å². The summed E-state index contributed by atoms with van der Waals surface area (Å²) in [5.41, 5.74) is 0.706. The minimum Gasteiger partial charge on any atom is -0.441 e. The molecule has 1 amide bonds. The van der Waals surface area contributed by atoms with Crippen molar-refractivity contribution < 1.29 is 27.8 Å². The standard InChI is InChI=1S/C20H23F2N7O4/c1-20(3-4-20)26-19(30)33-13-9-32-16(15(13)22)12-5-14(28-27-12)25-18-23-6-11(21)17-24-10(8-31-2)7-29(17)18/h5-7,13,15-16H,3-4,8-9H2,1-2H3,(H,26,30)(H2,23,25,27,28)/t13?,15-,16+/m0/s1. The Balaban J connectivity index is 1.27. The molecule has 11 nitrogen and oxygen atoms in total. The highest BCUT2D eigenvalue weighted by atomic mass is 19.1. The summed E-state index contributed by atoms with van der Waals surface area (Å²) in [6.07, 6.45) is 0.147. The molecule has 13 heteroatoms. The van der Waals surface area contributed by atoms with Crippen molar-refractivity contribution in [3.05, 3.63) is 35.7 Å². The third kappa shape index (κ3) is 4.33. The number of rotatable bonds is 7. The van der Waals surface area contributed by atoms with Crippen LogP contribution in [-0.2, 0) is 20.8 Å². The van der Waals surface area contributed by atoms with Gasteiger partial charge in [0.15, 0.2) is 29.6 Å². The Kier molecular flexibility index (Phi) is 5.37. The van der Waals surface area contributed by atoms with E-state index in [1.807, 2.05) is 6.92 Å². The summed E-state index contributed by atoms with van der Waals surface area (Å²) < 4.78 is 46.2. The number of H-pyrrole nitrogens is 1. The smallest absolute Gasteiger partial charge is 0.408 e. The van der Waals surface area contributed by atoms with E-state index < -0.39 is 30.3 Å². The number of hydrogen-bond acceptors (Lipinski definition) is 8. The molecule has 33 heavy (non-hydrogen) atoms. The summed E-state index contributed by atoms with van der Waals surface area (Å²) in [5.74, 6) is -0.0159. The van der Waals surface area contributed by atoms with E-state index in [4.69, 9.17) is 14.2 Å². The molecule has 3 atom stereocenters. The van der Waals surface area contributed by atoms with E-state index in [0.29, 0.717) is 17.2 Å². The first-order chi connectivity index (χ1) is 15.8. The number of hydrogen-bond donors (Lipinski definition) is 3. The molecule has 3 N–H and O–H groups in total. The van der Waals surface area contributed by atoms with E-state index in [-0.39, 0.29) is 30.3 Å². The van der Waals surface area contributed by atoms with E-state index in [2.05, 4.69) is 30.8 Å². The number of carbonyl (C=O) groups excluding carboxylic acids is 1. The number of nitrogens with one attached hydrogen (secondary N) is 3. The van der Waals surface area contributed by atoms with Gasteiger partial charge in [-0.1, -0.05) is 0 Å². The minimum atomic E-state index is -1.57. The molecule has 0 bridgehead atoms. The Bertz CT molecular complexity index is 1180. The van der Waals surface area contributed by atoms with E-state index in [9.17, 15) is 13.6 Å². The van der Waals surface area contributed by atoms with E-state index in [1.165, 1.54) is 11.5 Å². The SMILES string of the molecule is COCc1cn2c(Nc3cc([C@H]4OCC(OC(=O)NC5(C)CC5)[C@@H]4F)[nH]n3)ncc(F)c2n1. The van der Waals surface area contributed by atoms with Crippen molar-refractivity contribution in [3.63, 3.8) is 0 Å². The first-order valence-electron chi connectivity index (χ1n) is 10.4. The largest absolute Gasteiger partial charge is 0.441 e. The lowest BCUT2D eigenvalue weighted by molar-refractivity contribution is 0.0604. The molecule has 1 aliphatic heterocycles. The predicted molar refractivity (Wildman–Crippen MR) is 110 cm³/mol. The second-order valence-electron chi connectivity index (χ2n) is 8.45. The van der Waals surface area contributed by atoms with Crippen molar-refractivity contribution in [2.24, 2.45) is 0 Å². The highest BCUT2D eigenvalue weighted by molar-refractivity contribution is 5.69. The number of halogens is 2. The molecule has 1 saturated heterocycles. The molecular weight excluding hydrogens is 440 g/mol. The first kappa shape index (κ1) is 21.5. The number of methoxy groups -OCH3 is 1. The molecule has 0 spiro atoms. The zero-order valence-corrected chi connectivity index (χ0v) is 18.0. The summed E-state index contributed by atoms with van der Waals surface area (Å²) in [5, 5.41) is 12.5. The number of aromatic nitrogens is 5. The number of nitrogens with zero attached hydrogens (tertiary/aromatic N) is 4. The van der Waals surface area contributed by atoms with Gasteiger partial charge in [-0.2, -0.15) is 5.10 Å². The molecule has 2 aliphatic rings. The Morgan fingerprint density at radius 3 is 3.03 bits per heavy atom. The van der Waals surface area contributed by atoms with Crippen LogP contribution in [-0.4, -0.2) is 62.2 Å². The first-order valence-corrected chi connectivity index (χ1v) is 10.4. The molecule has 1 saturated carbocycles. The second kappa shape index (κ2) is 8.23. The number of aromatic amines is 1. The quantitative estimate of drug-likeness (QED) is 0.488. The maximum atomic E-state index is 14.9. The van der Waals surface area contributed by atoms with Crippen LogP contribution >= 0.6 is 0 Å². The number of imidazole rings is 1. The summed E-state index contributed by atoms with van der Waals surface area (Å²) in [7, 11) is 1.52. The predicted octanol–water partition coefficient (Wildman–Crippen LogP) is 2.54. The van der Waals surface area contributed by atoms with Crippen LogP contribution in [0.1, 0.15) is 37.3 Å². The van der Waals surface area contributed by atoms with E-state index in [1.54, 1.807) is 12.3 Å². The van der Waals surface area contributed by atoms with Crippen molar-refractivity contribution in [1.29, 1.82) is 0 Å². The number of alkyl halides is 1. The second-order valence-corrected chi connectivity index (χ2v) is 8.45. The van der Waals surface area contributed by atoms with Gasteiger partial charge >= 0.3 is 6.09 Å². The van der Waals surface area contributed by atoms with Gasteiger partial charge in [-0.3, -0.25) is 9.50 Å². The highest BCUT2D eigenvalue weighted by Crippen LogP contribution is 2.36. The van der Waals surface area contributed by atoms with Gasteiger partial charge < -0.3 is 24.8 Å². The number of carbonyl (C=O) groups is 1. The van der Waals surface area contributed by atoms with Crippen LogP contribution in [0, 0.1) is 5.82 Å². The summed E-state index contributed by atoms with van der Waals surface area (Å²) >= 11 is 0. The lowest BCUT2D eigenvalue weighted by Gasteiger charge is -2.17. The topological polar surface area (TPSA) is 128 Å². The van der Waals surface area contributed by atoms with Crippen molar-refractivity contribution in [2.45, 2.75) is 50.3 Å². The fourth-order valence-electron chi connectivity index (χ4n) is 3.63. The third-order valence-corrected chi connectivity index (χ3v) is 5.68. The number of fused-ring (bicyclic) bond motifs is 1. The van der Waals surface area contributed by atoms with Crippen LogP contribution in [0.25, 0.3) is 5.65 Å². The maximum Gasteiger partial charge on any atom is 0.408 e. The fourth-order valence-corrected chi connectivity index (χ4v) is 3.63. The molecule has 2 fully saturated rings. The van der Waals surface area contributed by atoms with Crippen LogP contribution in [0.3, 0.4) is 0 Å². The van der Waals surface area contributed by atoms with Gasteiger partial charge in [0.1, 0.15) is 6.10 Å². The molecule has 3 aromatic heterocycles. The van der Waals surface area contributed by atoms with Crippen molar-refractivity contribution in [2.75, 3.05) is 19.0 Å². The average Bonchev–Trinajstić information content (AvgIpc) is 3.15. The van der Waals surface area contributed by atoms with Gasteiger partial charge in [0.2, 0.25) is 5.95 Å². The average molecular weight is 463 g/mol. The van der Waals surface area contributed by atoms with Gasteiger partial charge in [0.05, 0.1) is 30.8 Å². The summed E-state index contributed by atoms with van der Waals surface area (Å²) in [6, 6.07) is 1.55. The molecule has 0 radical (unpaired) electrons. The molecule has 3 aromatic rings. The van der Waals surface area contributed by atoms with Gasteiger partial charge in [-0.15, -0.1) is 0 Å². The Morgan fingerprint density at radius 2 is 2.27 bits per heavy atom. The van der Waals surface area contributed by atoms with Crippen LogP contribution in [0.4, 0.5) is 25.3 Å². The number of amides is 1. The fraction of sp³-hybridized carbons (Fsp3) is 0.500. The summed E-state index contributed by atoms with van der Waals surface area (Å²) in [4.78, 5) is 20.2. The zero-order chi connectivity index (χ0) is 23.2. The van der Waals surface area contributed by atoms with E-state index >= 15 is 0 Å². The number of anilines is 2. The molecule has 0 aromatic carbocycles. The Morgan fingerprint density at radius 1 is 1.45 bits per heavy atom. The minimum absolute atomic E-state index is 0.0742. The van der Waals surface area contributed by atoms with Crippen molar-refractivity contribution in [1.82, 2.24) is 29.9 Å². The highest BCUT2D eigenvalue weighted by Gasteiger charge is 2.44. The van der Waals surface area contributed by atoms with Gasteiger partial charge in [0, 0.05) is 24.9 Å². The molecule has 4 heterocycles. The number of ether oxygens (including phenoxy) is 3. The van der Waals surface area contributed by atoms with Gasteiger partial charge in [-0.05, 0) is 19.8 Å². The Hall–Kier alpha value is -3.32. The normalized spacial score (nSPS) is 23.6. The molecule has 1 unspecified atom stereocenters. The summed E-state index contributed by atoms with van der Waals surface area (Å²) in [6.45, 7) is 2.04. The van der Waals surface area contributed by atoms with Gasteiger partial charge in [-0.25, -0.2) is 23.5 Å². The molecule has 5 rings (SSSR count). The van der Waals surface area contributed by atoms with Gasteiger partial charge in [0.25, 0.3) is 0 Å². The monoisotopic (exact) mass is 463 g/mol. The zero-order valence-electron chi connectivity index (χ0n) is 18.0. The third-order valence-electron chi connectivity index (χ3n) is 5.68. The van der Waals surface area contributed by atoms with Crippen LogP contribution < -0.4 is 10.6 Å². The molecule has 1 aliphatic carbocycles. The van der Waals surface area contributed by atoms with Crippen LogP contribution in [0.5, 0.6) is 0 Å². The molecular formula is C20H23F2N7O4. The number of alkyl carbamates (subject to hydrolysis) is 1. The van der Waals surface area contributed by atoms with Crippen molar-refractivity contribution in [3.8, 4) is 0 Å². The molecule has 176 valence electrons. The Labute approximate surface area is 186 Å². The lowest BCUT2D eigenvalue weighted by atomic mass is 10.1. The lowest BCUT2D eigenvalue weighted by Crippen LogP contribution is -2.39. The maximum absolute atomic E-state index is 14.9. The van der Waals surface area contributed by atoms with Crippen LogP contribution in [0.2, 0.25) is 0 Å².